The van der Waals surface area contributed by atoms with Crippen LogP contribution in [0.1, 0.15) is 42.4 Å². The van der Waals surface area contributed by atoms with Crippen LogP contribution in [-0.4, -0.2) is 9.97 Å². The lowest BCUT2D eigenvalue weighted by Gasteiger charge is -2.13. The minimum atomic E-state index is -0.552. The van der Waals surface area contributed by atoms with Crippen molar-refractivity contribution in [1.82, 2.24) is 9.97 Å². The summed E-state index contributed by atoms with van der Waals surface area (Å²) in [6.07, 6.45) is 2.36. The van der Waals surface area contributed by atoms with E-state index in [0.717, 1.165) is 27.8 Å². The van der Waals surface area contributed by atoms with Crippen molar-refractivity contribution in [2.75, 3.05) is 0 Å². The molecule has 1 heterocycles. The Morgan fingerprint density at radius 2 is 2.07 bits per heavy atom. The van der Waals surface area contributed by atoms with Crippen LogP contribution in [-0.2, 0) is 6.42 Å². The summed E-state index contributed by atoms with van der Waals surface area (Å²) >= 11 is 0. The summed E-state index contributed by atoms with van der Waals surface area (Å²) in [5, 5.41) is 0.499. The van der Waals surface area contributed by atoms with Crippen LogP contribution in [0, 0.1) is 12.7 Å². The molecule has 1 atom stereocenters. The highest BCUT2D eigenvalue weighted by Gasteiger charge is 2.14. The third-order valence-corrected chi connectivity index (χ3v) is 4.69. The Labute approximate surface area is 163 Å². The van der Waals surface area contributed by atoms with Gasteiger partial charge in [-0.05, 0) is 73.7 Å². The number of rotatable bonds is 5. The quantitative estimate of drug-likeness (QED) is 0.639. The molecule has 28 heavy (non-hydrogen) atoms. The molecule has 3 N–H and O–H groups in total. The molecule has 0 aliphatic carbocycles. The van der Waals surface area contributed by atoms with Crippen molar-refractivity contribution >= 4 is 16.5 Å². The Hall–Kier alpha value is -3.05. The third-order valence-electron chi connectivity index (χ3n) is 4.69. The molecule has 0 saturated heterocycles. The molecular weight excluding hydrogens is 353 g/mol. The fraction of sp³-hybridized carbons (Fsp3) is 0.217. The molecule has 0 amide bonds. The predicted octanol–water partition coefficient (Wildman–Crippen LogP) is 4.59. The number of hydrogen-bond donors (Lipinski definition) is 2. The SMILES string of the molecule is C=C(C)/C(=C\C)c1ccc2c(=O)[nH]c(C(N)Cc3cc(C)cc(F)c3)nc2c1. The number of aromatic nitrogens is 2. The first-order valence-corrected chi connectivity index (χ1v) is 9.16. The van der Waals surface area contributed by atoms with E-state index in [1.54, 1.807) is 6.07 Å². The Morgan fingerprint density at radius 1 is 1.32 bits per heavy atom. The van der Waals surface area contributed by atoms with Gasteiger partial charge in [-0.25, -0.2) is 9.37 Å². The number of H-pyrrole nitrogens is 1. The first-order valence-electron chi connectivity index (χ1n) is 9.16. The summed E-state index contributed by atoms with van der Waals surface area (Å²) in [5.74, 6) is 0.0828. The zero-order valence-corrected chi connectivity index (χ0v) is 16.3. The molecule has 0 fully saturated rings. The summed E-state index contributed by atoms with van der Waals surface area (Å²) < 4.78 is 13.6. The number of nitrogens with zero attached hydrogens (tertiary/aromatic N) is 1. The van der Waals surface area contributed by atoms with Gasteiger partial charge in [0, 0.05) is 0 Å². The van der Waals surface area contributed by atoms with Gasteiger partial charge in [0.15, 0.2) is 0 Å². The maximum atomic E-state index is 13.6. The normalized spacial score (nSPS) is 13.0. The van der Waals surface area contributed by atoms with Gasteiger partial charge in [0.2, 0.25) is 0 Å². The van der Waals surface area contributed by atoms with E-state index in [1.807, 2.05) is 45.0 Å². The Balaban J connectivity index is 2.01. The fourth-order valence-electron chi connectivity index (χ4n) is 3.44. The van der Waals surface area contributed by atoms with E-state index < -0.39 is 6.04 Å². The summed E-state index contributed by atoms with van der Waals surface area (Å²) in [6.45, 7) is 9.71. The smallest absolute Gasteiger partial charge is 0.258 e. The van der Waals surface area contributed by atoms with Gasteiger partial charge in [-0.1, -0.05) is 30.4 Å². The zero-order chi connectivity index (χ0) is 20.4. The molecule has 1 unspecified atom stereocenters. The molecule has 3 aromatic rings. The molecule has 0 saturated carbocycles. The van der Waals surface area contributed by atoms with Gasteiger partial charge in [0.25, 0.3) is 5.56 Å². The van der Waals surface area contributed by atoms with Crippen molar-refractivity contribution in [3.63, 3.8) is 0 Å². The number of halogens is 1. The van der Waals surface area contributed by atoms with Crippen LogP contribution in [0.3, 0.4) is 0 Å². The standard InChI is InChI=1S/C23H24FN3O/c1-5-18(13(2)3)16-6-7-19-21(12-16)26-22(27-23(19)28)20(25)11-15-8-14(4)9-17(24)10-15/h5-10,12,20H,2,11,25H2,1,3-4H3,(H,26,27,28)/b18-5+. The van der Waals surface area contributed by atoms with E-state index in [0.29, 0.717) is 23.1 Å². The first-order chi connectivity index (χ1) is 13.3. The van der Waals surface area contributed by atoms with Crippen molar-refractivity contribution < 1.29 is 4.39 Å². The number of aromatic amines is 1. The molecule has 144 valence electrons. The monoisotopic (exact) mass is 377 g/mol. The van der Waals surface area contributed by atoms with Crippen LogP contribution in [0.5, 0.6) is 0 Å². The summed E-state index contributed by atoms with van der Waals surface area (Å²) in [6, 6.07) is 9.77. The van der Waals surface area contributed by atoms with E-state index in [2.05, 4.69) is 16.5 Å². The highest BCUT2D eigenvalue weighted by atomic mass is 19.1. The molecular formula is C23H24FN3O. The summed E-state index contributed by atoms with van der Waals surface area (Å²) in [7, 11) is 0. The van der Waals surface area contributed by atoms with Crippen molar-refractivity contribution in [3.8, 4) is 0 Å². The maximum absolute atomic E-state index is 13.6. The molecule has 0 radical (unpaired) electrons. The van der Waals surface area contributed by atoms with Gasteiger partial charge < -0.3 is 10.7 Å². The molecule has 3 rings (SSSR count). The van der Waals surface area contributed by atoms with Crippen molar-refractivity contribution in [2.45, 2.75) is 33.2 Å². The number of benzene rings is 2. The summed E-state index contributed by atoms with van der Waals surface area (Å²) in [4.78, 5) is 19.9. The molecule has 5 heteroatoms. The van der Waals surface area contributed by atoms with Crippen LogP contribution in [0.4, 0.5) is 4.39 Å². The first kappa shape index (κ1) is 19.7. The number of fused-ring (bicyclic) bond motifs is 1. The van der Waals surface area contributed by atoms with Crippen LogP contribution in [0.15, 0.2) is 59.4 Å². The second-order valence-electron chi connectivity index (χ2n) is 7.11. The highest BCUT2D eigenvalue weighted by Crippen LogP contribution is 2.24. The number of nitrogens with one attached hydrogen (secondary N) is 1. The van der Waals surface area contributed by atoms with Gasteiger partial charge >= 0.3 is 0 Å². The second-order valence-corrected chi connectivity index (χ2v) is 7.11. The van der Waals surface area contributed by atoms with E-state index in [1.165, 1.54) is 12.1 Å². The molecule has 0 aliphatic rings. The van der Waals surface area contributed by atoms with Gasteiger partial charge in [-0.3, -0.25) is 4.79 Å². The summed E-state index contributed by atoms with van der Waals surface area (Å²) in [5.41, 5.74) is 11.1. The average molecular weight is 377 g/mol. The van der Waals surface area contributed by atoms with E-state index in [-0.39, 0.29) is 11.4 Å². The van der Waals surface area contributed by atoms with Crippen LogP contribution < -0.4 is 11.3 Å². The van der Waals surface area contributed by atoms with Crippen molar-refractivity contribution in [2.24, 2.45) is 5.73 Å². The Kier molecular flexibility index (Phi) is 5.56. The Bertz CT molecular complexity index is 1120. The number of allylic oxidation sites excluding steroid dienone is 3. The van der Waals surface area contributed by atoms with Crippen molar-refractivity contribution in [3.05, 3.63) is 93.3 Å². The van der Waals surface area contributed by atoms with E-state index in [4.69, 9.17) is 5.73 Å². The topological polar surface area (TPSA) is 71.8 Å². The zero-order valence-electron chi connectivity index (χ0n) is 16.3. The molecule has 4 nitrogen and oxygen atoms in total. The minimum absolute atomic E-state index is 0.241. The van der Waals surface area contributed by atoms with E-state index >= 15 is 0 Å². The van der Waals surface area contributed by atoms with Crippen LogP contribution in [0.2, 0.25) is 0 Å². The van der Waals surface area contributed by atoms with Gasteiger partial charge in [-0.2, -0.15) is 0 Å². The average Bonchev–Trinajstić information content (AvgIpc) is 2.60. The lowest BCUT2D eigenvalue weighted by Crippen LogP contribution is -2.21. The molecule has 2 aromatic carbocycles. The van der Waals surface area contributed by atoms with E-state index in [9.17, 15) is 9.18 Å². The molecule has 1 aromatic heterocycles. The molecule has 0 bridgehead atoms. The Morgan fingerprint density at radius 3 is 2.71 bits per heavy atom. The van der Waals surface area contributed by atoms with Crippen molar-refractivity contribution in [1.29, 1.82) is 0 Å². The van der Waals surface area contributed by atoms with Crippen LogP contribution in [0.25, 0.3) is 16.5 Å². The predicted molar refractivity (Wildman–Crippen MR) is 113 cm³/mol. The molecule has 0 aliphatic heterocycles. The largest absolute Gasteiger partial charge is 0.321 e. The lowest BCUT2D eigenvalue weighted by molar-refractivity contribution is 0.617. The number of hydrogen-bond acceptors (Lipinski definition) is 3. The van der Waals surface area contributed by atoms with Gasteiger partial charge in [0.1, 0.15) is 11.6 Å². The number of nitrogens with two attached hydrogens (primary N) is 1. The van der Waals surface area contributed by atoms with Crippen LogP contribution >= 0.6 is 0 Å². The number of aryl methyl sites for hydroxylation is 1. The highest BCUT2D eigenvalue weighted by molar-refractivity contribution is 5.86. The van der Waals surface area contributed by atoms with Gasteiger partial charge in [0.05, 0.1) is 16.9 Å². The maximum Gasteiger partial charge on any atom is 0.258 e. The molecule has 0 spiro atoms. The lowest BCUT2D eigenvalue weighted by atomic mass is 9.98. The minimum Gasteiger partial charge on any atom is -0.321 e. The third kappa shape index (κ3) is 4.10. The fourth-order valence-corrected chi connectivity index (χ4v) is 3.44. The van der Waals surface area contributed by atoms with Gasteiger partial charge in [-0.15, -0.1) is 0 Å². The second kappa shape index (κ2) is 7.90.